The van der Waals surface area contributed by atoms with Gasteiger partial charge >= 0.3 is 5.97 Å². The van der Waals surface area contributed by atoms with Crippen molar-refractivity contribution in [3.05, 3.63) is 35.4 Å². The molecular weight excluding hydrogens is 202 g/mol. The van der Waals surface area contributed by atoms with Crippen LogP contribution in [0.5, 0.6) is 0 Å². The van der Waals surface area contributed by atoms with Crippen LogP contribution in [0.3, 0.4) is 0 Å². The third-order valence-corrected chi connectivity index (χ3v) is 2.07. The van der Waals surface area contributed by atoms with Gasteiger partial charge in [-0.25, -0.2) is 9.63 Å². The highest BCUT2D eigenvalue weighted by Gasteiger charge is 2.03. The maximum atomic E-state index is 11.1. The highest BCUT2D eigenvalue weighted by atomic mass is 35.5. The Kier molecular flexibility index (Phi) is 4.43. The molecule has 14 heavy (non-hydrogen) atoms. The van der Waals surface area contributed by atoms with Crippen LogP contribution in [0, 0.1) is 0 Å². The number of halogens is 1. The van der Waals surface area contributed by atoms with E-state index in [0.29, 0.717) is 12.1 Å². The summed E-state index contributed by atoms with van der Waals surface area (Å²) in [4.78, 5) is 13.6. The molecular formula is C10H12ClNO2. The first-order chi connectivity index (χ1) is 6.77. The van der Waals surface area contributed by atoms with Crippen LogP contribution in [0.25, 0.3) is 0 Å². The number of methoxy groups -OCH3 is 1. The van der Waals surface area contributed by atoms with Gasteiger partial charge in [0.25, 0.3) is 0 Å². The summed E-state index contributed by atoms with van der Waals surface area (Å²) in [5, 5.41) is 0. The first-order valence-electron chi connectivity index (χ1n) is 4.28. The first-order valence-corrected chi connectivity index (χ1v) is 4.66. The molecule has 0 fully saturated rings. The van der Waals surface area contributed by atoms with Gasteiger partial charge in [0.1, 0.15) is 0 Å². The van der Waals surface area contributed by atoms with Gasteiger partial charge in [-0.05, 0) is 35.9 Å². The number of carbonyl (C=O) groups is 1. The van der Waals surface area contributed by atoms with E-state index in [1.165, 1.54) is 7.11 Å². The second-order valence-electron chi connectivity index (χ2n) is 2.82. The normalized spacial score (nSPS) is 9.86. The maximum absolute atomic E-state index is 11.1. The molecule has 0 aliphatic heterocycles. The standard InChI is InChI=1S/C10H12ClNO2/c1-14-10(13)9-4-2-8(3-5-9)6-7-12-11/h2-5,12H,6-7H2,1H3. The van der Waals surface area contributed by atoms with E-state index in [4.69, 9.17) is 11.8 Å². The molecule has 0 aromatic heterocycles. The lowest BCUT2D eigenvalue weighted by molar-refractivity contribution is 0.0601. The lowest BCUT2D eigenvalue weighted by atomic mass is 10.1. The molecule has 1 N–H and O–H groups in total. The average Bonchev–Trinajstić information content (AvgIpc) is 2.26. The predicted molar refractivity (Wildman–Crippen MR) is 55.3 cm³/mol. The molecule has 0 atom stereocenters. The number of carbonyl (C=O) groups excluding carboxylic acids is 1. The maximum Gasteiger partial charge on any atom is 0.337 e. The smallest absolute Gasteiger partial charge is 0.337 e. The highest BCUT2D eigenvalue weighted by Crippen LogP contribution is 2.05. The topological polar surface area (TPSA) is 38.3 Å². The molecule has 0 aliphatic carbocycles. The van der Waals surface area contributed by atoms with E-state index in [-0.39, 0.29) is 5.97 Å². The second-order valence-corrected chi connectivity index (χ2v) is 3.09. The molecule has 1 rings (SSSR count). The van der Waals surface area contributed by atoms with Crippen LogP contribution in [-0.2, 0) is 11.2 Å². The molecule has 0 radical (unpaired) electrons. The zero-order chi connectivity index (χ0) is 10.4. The fraction of sp³-hybridized carbons (Fsp3) is 0.300. The van der Waals surface area contributed by atoms with Crippen LogP contribution in [-0.4, -0.2) is 19.6 Å². The van der Waals surface area contributed by atoms with Crippen LogP contribution in [0.1, 0.15) is 15.9 Å². The third kappa shape index (κ3) is 3.01. The zero-order valence-electron chi connectivity index (χ0n) is 7.92. The third-order valence-electron chi connectivity index (χ3n) is 1.88. The lowest BCUT2D eigenvalue weighted by Gasteiger charge is -2.01. The lowest BCUT2D eigenvalue weighted by Crippen LogP contribution is -2.05. The molecule has 4 heteroatoms. The minimum absolute atomic E-state index is 0.313. The quantitative estimate of drug-likeness (QED) is 0.612. The number of rotatable bonds is 4. The fourth-order valence-corrected chi connectivity index (χ4v) is 1.21. The molecule has 0 heterocycles. The summed E-state index contributed by atoms with van der Waals surface area (Å²) in [6.07, 6.45) is 0.838. The Morgan fingerprint density at radius 3 is 2.57 bits per heavy atom. The summed E-state index contributed by atoms with van der Waals surface area (Å²) in [5.41, 5.74) is 1.70. The molecule has 3 nitrogen and oxygen atoms in total. The second kappa shape index (κ2) is 5.62. The Hall–Kier alpha value is -1.06. The number of hydrogen-bond acceptors (Lipinski definition) is 3. The predicted octanol–water partition coefficient (Wildman–Crippen LogP) is 1.76. The van der Waals surface area contributed by atoms with Gasteiger partial charge in [0.05, 0.1) is 12.7 Å². The van der Waals surface area contributed by atoms with Crippen molar-refractivity contribution in [3.8, 4) is 0 Å². The molecule has 0 bridgehead atoms. The van der Waals surface area contributed by atoms with Gasteiger partial charge in [0.15, 0.2) is 0 Å². The minimum atomic E-state index is -0.313. The van der Waals surface area contributed by atoms with E-state index in [1.54, 1.807) is 12.1 Å². The van der Waals surface area contributed by atoms with Gasteiger partial charge in [-0.15, -0.1) is 0 Å². The molecule has 0 spiro atoms. The molecule has 0 saturated heterocycles. The molecule has 0 saturated carbocycles. The van der Waals surface area contributed by atoms with Crippen molar-refractivity contribution in [2.24, 2.45) is 0 Å². The van der Waals surface area contributed by atoms with Crippen molar-refractivity contribution < 1.29 is 9.53 Å². The molecule has 1 aromatic rings. The van der Waals surface area contributed by atoms with Crippen molar-refractivity contribution in [1.29, 1.82) is 0 Å². The van der Waals surface area contributed by atoms with Crippen molar-refractivity contribution in [3.63, 3.8) is 0 Å². The summed E-state index contributed by atoms with van der Waals surface area (Å²) in [6, 6.07) is 7.27. The Labute approximate surface area is 88.1 Å². The summed E-state index contributed by atoms with van der Waals surface area (Å²) < 4.78 is 4.58. The van der Waals surface area contributed by atoms with Gasteiger partial charge in [-0.3, -0.25) is 0 Å². The Morgan fingerprint density at radius 1 is 1.43 bits per heavy atom. The van der Waals surface area contributed by atoms with Crippen molar-refractivity contribution in [2.75, 3.05) is 13.7 Å². The number of nitrogens with one attached hydrogen (secondary N) is 1. The average molecular weight is 214 g/mol. The largest absolute Gasteiger partial charge is 0.465 e. The van der Waals surface area contributed by atoms with Crippen molar-refractivity contribution in [1.82, 2.24) is 4.84 Å². The van der Waals surface area contributed by atoms with Crippen LogP contribution in [0.2, 0.25) is 0 Å². The fourth-order valence-electron chi connectivity index (χ4n) is 1.12. The number of esters is 1. The molecule has 0 unspecified atom stereocenters. The van der Waals surface area contributed by atoms with Crippen LogP contribution >= 0.6 is 11.8 Å². The molecule has 76 valence electrons. The van der Waals surface area contributed by atoms with Gasteiger partial charge in [-0.2, -0.15) is 0 Å². The van der Waals surface area contributed by atoms with E-state index in [1.807, 2.05) is 12.1 Å². The van der Waals surface area contributed by atoms with E-state index < -0.39 is 0 Å². The summed E-state index contributed by atoms with van der Waals surface area (Å²) in [6.45, 7) is 0.707. The number of hydrogen-bond donors (Lipinski definition) is 1. The van der Waals surface area contributed by atoms with Crippen LogP contribution in [0.4, 0.5) is 0 Å². The minimum Gasteiger partial charge on any atom is -0.465 e. The molecule has 0 aliphatic rings. The molecule has 1 aromatic carbocycles. The SMILES string of the molecule is COC(=O)c1ccc(CCNCl)cc1. The zero-order valence-corrected chi connectivity index (χ0v) is 8.67. The Bertz CT molecular complexity index is 297. The Morgan fingerprint density at radius 2 is 2.07 bits per heavy atom. The summed E-state index contributed by atoms with van der Waals surface area (Å²) in [5.74, 6) is -0.313. The molecule has 0 amide bonds. The van der Waals surface area contributed by atoms with Gasteiger partial charge in [0, 0.05) is 6.54 Å². The van der Waals surface area contributed by atoms with Crippen LogP contribution < -0.4 is 4.84 Å². The number of benzene rings is 1. The van der Waals surface area contributed by atoms with Gasteiger partial charge in [-0.1, -0.05) is 12.1 Å². The van der Waals surface area contributed by atoms with Crippen molar-refractivity contribution >= 4 is 17.7 Å². The highest BCUT2D eigenvalue weighted by molar-refractivity contribution is 6.13. The van der Waals surface area contributed by atoms with E-state index in [2.05, 4.69) is 9.57 Å². The van der Waals surface area contributed by atoms with Gasteiger partial charge in [0.2, 0.25) is 0 Å². The monoisotopic (exact) mass is 213 g/mol. The van der Waals surface area contributed by atoms with E-state index in [9.17, 15) is 4.79 Å². The van der Waals surface area contributed by atoms with E-state index >= 15 is 0 Å². The number of ether oxygens (including phenoxy) is 1. The van der Waals surface area contributed by atoms with Gasteiger partial charge < -0.3 is 4.74 Å². The Balaban J connectivity index is 2.63. The summed E-state index contributed by atoms with van der Waals surface area (Å²) >= 11 is 5.33. The first kappa shape index (κ1) is 11.0. The summed E-state index contributed by atoms with van der Waals surface area (Å²) in [7, 11) is 1.37. The van der Waals surface area contributed by atoms with E-state index in [0.717, 1.165) is 12.0 Å². The van der Waals surface area contributed by atoms with Crippen molar-refractivity contribution in [2.45, 2.75) is 6.42 Å². The van der Waals surface area contributed by atoms with Crippen LogP contribution in [0.15, 0.2) is 24.3 Å².